The van der Waals surface area contributed by atoms with E-state index >= 15 is 0 Å². The minimum absolute atomic E-state index is 0.124. The third-order valence-corrected chi connectivity index (χ3v) is 9.01. The molecule has 0 aromatic carbocycles. The van der Waals surface area contributed by atoms with Gasteiger partial charge >= 0.3 is 0 Å². The van der Waals surface area contributed by atoms with Gasteiger partial charge in [0.1, 0.15) is 0 Å². The van der Waals surface area contributed by atoms with Crippen LogP contribution in [0.1, 0.15) is 26.7 Å². The monoisotopic (exact) mass is 296 g/mol. The lowest BCUT2D eigenvalue weighted by Gasteiger charge is -2.38. The fourth-order valence-electron chi connectivity index (χ4n) is 5.10. The fraction of sp³-hybridized carbons (Fsp3) is 1.00. The molecule has 0 aromatic rings. The van der Waals surface area contributed by atoms with Crippen molar-refractivity contribution in [3.8, 4) is 0 Å². The number of ether oxygens (including phenoxy) is 1. The molecule has 2 aliphatic carbocycles. The van der Waals surface area contributed by atoms with E-state index in [0.717, 1.165) is 12.8 Å². The Labute approximate surface area is 111 Å². The summed E-state index contributed by atoms with van der Waals surface area (Å²) in [5.74, 6) is 0.314. The molecule has 6 heteroatoms. The predicted octanol–water partition coefficient (Wildman–Crippen LogP) is 2.12. The third kappa shape index (κ3) is 0.783. The molecular formula is C11H14Cl2O3S. The van der Waals surface area contributed by atoms with Crippen LogP contribution >= 0.6 is 23.2 Å². The van der Waals surface area contributed by atoms with Crippen LogP contribution in [0.15, 0.2) is 0 Å². The van der Waals surface area contributed by atoms with E-state index in [0.29, 0.717) is 0 Å². The van der Waals surface area contributed by atoms with Gasteiger partial charge in [-0.1, -0.05) is 37.0 Å². The van der Waals surface area contributed by atoms with Crippen molar-refractivity contribution in [3.63, 3.8) is 0 Å². The molecule has 2 spiro atoms. The Morgan fingerprint density at radius 3 is 2.47 bits per heavy atom. The van der Waals surface area contributed by atoms with E-state index in [1.165, 1.54) is 0 Å². The van der Waals surface area contributed by atoms with Crippen molar-refractivity contribution in [2.45, 2.75) is 42.1 Å². The van der Waals surface area contributed by atoms with Crippen LogP contribution in [-0.2, 0) is 14.6 Å². The van der Waals surface area contributed by atoms with Gasteiger partial charge in [0.05, 0.1) is 5.75 Å². The van der Waals surface area contributed by atoms with Gasteiger partial charge in [0, 0.05) is 11.3 Å². The lowest BCUT2D eigenvalue weighted by atomic mass is 9.66. The summed E-state index contributed by atoms with van der Waals surface area (Å²) < 4.78 is 28.8. The SMILES string of the molecule is CC1(C)C2CCC13CS(=O)(=O)[C@H]1OC13C2(Cl)Cl. The van der Waals surface area contributed by atoms with Gasteiger partial charge in [0.15, 0.2) is 25.2 Å². The summed E-state index contributed by atoms with van der Waals surface area (Å²) in [4.78, 5) is 0. The number of alkyl halides is 2. The van der Waals surface area contributed by atoms with E-state index in [1.807, 2.05) is 0 Å². The van der Waals surface area contributed by atoms with Crippen LogP contribution in [-0.4, -0.2) is 29.5 Å². The summed E-state index contributed by atoms with van der Waals surface area (Å²) in [6, 6.07) is 0. The second kappa shape index (κ2) is 2.41. The standard InChI is InChI=1S/C11H14Cl2O3S/c1-8(2)6-3-4-9(8)5-17(14,15)7-10(9,16-7)11(6,12)13/h6-7H,3-5H2,1-2H3/t6?,7-,9?,10?/m1/s1. The van der Waals surface area contributed by atoms with E-state index in [2.05, 4.69) is 13.8 Å². The van der Waals surface area contributed by atoms with Gasteiger partial charge in [-0.3, -0.25) is 0 Å². The summed E-state index contributed by atoms with van der Waals surface area (Å²) in [5, 5.41) is 0. The predicted molar refractivity (Wildman–Crippen MR) is 64.8 cm³/mol. The minimum Gasteiger partial charge on any atom is -0.345 e. The highest BCUT2D eigenvalue weighted by molar-refractivity contribution is 7.92. The van der Waals surface area contributed by atoms with E-state index in [4.69, 9.17) is 27.9 Å². The Hall–Kier alpha value is 0.490. The second-order valence-electron chi connectivity index (χ2n) is 6.51. The Balaban J connectivity index is 2.05. The zero-order chi connectivity index (χ0) is 12.5. The first-order valence-electron chi connectivity index (χ1n) is 5.91. The largest absolute Gasteiger partial charge is 0.345 e. The summed E-state index contributed by atoms with van der Waals surface area (Å²) >= 11 is 13.1. The average Bonchev–Trinajstić information content (AvgIpc) is 2.78. The first kappa shape index (κ1) is 11.3. The van der Waals surface area contributed by atoms with Crippen molar-refractivity contribution >= 4 is 33.0 Å². The van der Waals surface area contributed by atoms with Gasteiger partial charge in [-0.05, 0) is 18.3 Å². The van der Waals surface area contributed by atoms with Gasteiger partial charge < -0.3 is 4.74 Å². The van der Waals surface area contributed by atoms with Gasteiger partial charge in [-0.2, -0.15) is 0 Å². The first-order chi connectivity index (χ1) is 7.64. The lowest BCUT2D eigenvalue weighted by molar-refractivity contribution is 0.0713. The molecule has 3 nitrogen and oxygen atoms in total. The molecule has 4 aliphatic rings. The fourth-order valence-corrected chi connectivity index (χ4v) is 9.43. The van der Waals surface area contributed by atoms with Crippen LogP contribution in [0.25, 0.3) is 0 Å². The van der Waals surface area contributed by atoms with Crippen molar-refractivity contribution < 1.29 is 13.2 Å². The number of rotatable bonds is 0. The number of sulfone groups is 1. The average molecular weight is 297 g/mol. The van der Waals surface area contributed by atoms with Gasteiger partial charge in [-0.15, -0.1) is 0 Å². The third-order valence-electron chi connectivity index (χ3n) is 5.95. The minimum atomic E-state index is -3.20. The molecule has 96 valence electrons. The van der Waals surface area contributed by atoms with Crippen molar-refractivity contribution in [2.75, 3.05) is 5.75 Å². The molecule has 3 unspecified atom stereocenters. The molecule has 2 heterocycles. The highest BCUT2D eigenvalue weighted by atomic mass is 35.5. The van der Waals surface area contributed by atoms with Crippen LogP contribution in [0.4, 0.5) is 0 Å². The van der Waals surface area contributed by atoms with Crippen LogP contribution in [0, 0.1) is 16.7 Å². The topological polar surface area (TPSA) is 46.7 Å². The van der Waals surface area contributed by atoms with Gasteiger partial charge in [0.25, 0.3) is 0 Å². The summed E-state index contributed by atoms with van der Waals surface area (Å²) in [6.45, 7) is 4.19. The molecule has 0 radical (unpaired) electrons. The van der Waals surface area contributed by atoms with Crippen molar-refractivity contribution in [1.82, 2.24) is 0 Å². The smallest absolute Gasteiger partial charge is 0.192 e. The molecule has 4 rings (SSSR count). The maximum atomic E-state index is 12.1. The van der Waals surface area contributed by atoms with Crippen LogP contribution in [0.3, 0.4) is 0 Å². The molecule has 17 heavy (non-hydrogen) atoms. The highest BCUT2D eigenvalue weighted by Gasteiger charge is 2.96. The Morgan fingerprint density at radius 1 is 1.29 bits per heavy atom. The zero-order valence-corrected chi connectivity index (χ0v) is 12.0. The maximum Gasteiger partial charge on any atom is 0.192 e. The van der Waals surface area contributed by atoms with E-state index in [1.54, 1.807) is 0 Å². The molecule has 0 aromatic heterocycles. The molecule has 4 atom stereocenters. The molecule has 2 bridgehead atoms. The van der Waals surface area contributed by atoms with Gasteiger partial charge in [0.2, 0.25) is 0 Å². The molecule has 2 saturated heterocycles. The summed E-state index contributed by atoms with van der Waals surface area (Å²) in [5.41, 5.74) is -2.13. The maximum absolute atomic E-state index is 12.1. The molecule has 2 aliphatic heterocycles. The number of hydrogen-bond acceptors (Lipinski definition) is 3. The van der Waals surface area contributed by atoms with Gasteiger partial charge in [-0.25, -0.2) is 8.42 Å². The van der Waals surface area contributed by atoms with Crippen LogP contribution < -0.4 is 0 Å². The van der Waals surface area contributed by atoms with Crippen molar-refractivity contribution in [1.29, 1.82) is 0 Å². The normalized spacial score (nSPS) is 58.8. The Morgan fingerprint density at radius 2 is 1.94 bits per heavy atom. The first-order valence-corrected chi connectivity index (χ1v) is 8.38. The number of halogens is 2. The summed E-state index contributed by atoms with van der Waals surface area (Å²) in [7, 11) is -3.20. The Bertz CT molecular complexity index is 533. The zero-order valence-electron chi connectivity index (χ0n) is 9.66. The Kier molecular flexibility index (Phi) is 1.61. The van der Waals surface area contributed by atoms with E-state index < -0.39 is 25.2 Å². The summed E-state index contributed by atoms with van der Waals surface area (Å²) in [6.07, 6.45) is 1.76. The number of epoxide rings is 1. The van der Waals surface area contributed by atoms with E-state index in [9.17, 15) is 8.42 Å². The quantitative estimate of drug-likeness (QED) is 0.508. The molecular weight excluding hydrogens is 283 g/mol. The second-order valence-corrected chi connectivity index (χ2v) is 9.94. The lowest BCUT2D eigenvalue weighted by Crippen LogP contribution is -2.47. The van der Waals surface area contributed by atoms with Crippen LogP contribution in [0.2, 0.25) is 0 Å². The number of fused-ring (bicyclic) bond motifs is 1. The van der Waals surface area contributed by atoms with Crippen LogP contribution in [0.5, 0.6) is 0 Å². The number of hydrogen-bond donors (Lipinski definition) is 0. The van der Waals surface area contributed by atoms with Crippen molar-refractivity contribution in [2.24, 2.45) is 16.7 Å². The van der Waals surface area contributed by atoms with E-state index in [-0.39, 0.29) is 22.5 Å². The highest BCUT2D eigenvalue weighted by Crippen LogP contribution is 2.86. The van der Waals surface area contributed by atoms with Crippen molar-refractivity contribution in [3.05, 3.63) is 0 Å². The molecule has 2 saturated carbocycles. The molecule has 4 fully saturated rings. The molecule has 0 N–H and O–H groups in total. The molecule has 0 amide bonds.